The van der Waals surface area contributed by atoms with E-state index in [1.807, 2.05) is 26.8 Å². The van der Waals surface area contributed by atoms with E-state index in [1.165, 1.54) is 18.4 Å². The lowest BCUT2D eigenvalue weighted by atomic mass is 9.95. The Morgan fingerprint density at radius 3 is 2.62 bits per heavy atom. The van der Waals surface area contributed by atoms with E-state index in [1.54, 1.807) is 0 Å². The van der Waals surface area contributed by atoms with Crippen LogP contribution in [0.3, 0.4) is 0 Å². The lowest BCUT2D eigenvalue weighted by Gasteiger charge is -2.35. The van der Waals surface area contributed by atoms with E-state index >= 15 is 0 Å². The molecule has 0 spiro atoms. The van der Waals surface area contributed by atoms with Crippen molar-refractivity contribution >= 4 is 5.97 Å². The minimum Gasteiger partial charge on any atom is -0.459 e. The summed E-state index contributed by atoms with van der Waals surface area (Å²) in [6.07, 6.45) is 4.61. The first-order valence-corrected chi connectivity index (χ1v) is 7.94. The van der Waals surface area contributed by atoms with Gasteiger partial charge in [-0.05, 0) is 52.1 Å². The second-order valence-electron chi connectivity index (χ2n) is 6.90. The SMILES string of the molecule is CC(C)(C)OC(=O)CN1CCCCC1Cc1ccccc1. The molecule has 3 nitrogen and oxygen atoms in total. The summed E-state index contributed by atoms with van der Waals surface area (Å²) >= 11 is 0. The summed E-state index contributed by atoms with van der Waals surface area (Å²) in [6, 6.07) is 11.0. The van der Waals surface area contributed by atoms with Crippen molar-refractivity contribution in [2.75, 3.05) is 13.1 Å². The van der Waals surface area contributed by atoms with Crippen molar-refractivity contribution in [3.63, 3.8) is 0 Å². The molecule has 0 amide bonds. The summed E-state index contributed by atoms with van der Waals surface area (Å²) in [5.74, 6) is -0.109. The van der Waals surface area contributed by atoms with Gasteiger partial charge in [0.1, 0.15) is 5.60 Å². The van der Waals surface area contributed by atoms with E-state index in [0.717, 1.165) is 19.4 Å². The Labute approximate surface area is 128 Å². The number of benzene rings is 1. The average Bonchev–Trinajstić information content (AvgIpc) is 2.40. The molecule has 21 heavy (non-hydrogen) atoms. The van der Waals surface area contributed by atoms with Gasteiger partial charge in [-0.1, -0.05) is 36.8 Å². The average molecular weight is 289 g/mol. The molecular weight excluding hydrogens is 262 g/mol. The fraction of sp³-hybridized carbons (Fsp3) is 0.611. The van der Waals surface area contributed by atoms with Gasteiger partial charge in [-0.25, -0.2) is 0 Å². The second-order valence-corrected chi connectivity index (χ2v) is 6.90. The Kier molecular flexibility index (Phi) is 5.40. The Hall–Kier alpha value is -1.35. The van der Waals surface area contributed by atoms with Crippen LogP contribution in [0.25, 0.3) is 0 Å². The van der Waals surface area contributed by atoms with Crippen LogP contribution < -0.4 is 0 Å². The smallest absolute Gasteiger partial charge is 0.320 e. The maximum Gasteiger partial charge on any atom is 0.320 e. The van der Waals surface area contributed by atoms with Crippen molar-refractivity contribution in [2.45, 2.75) is 58.1 Å². The summed E-state index contributed by atoms with van der Waals surface area (Å²) in [7, 11) is 0. The molecule has 0 bridgehead atoms. The molecule has 3 heteroatoms. The van der Waals surface area contributed by atoms with E-state index in [9.17, 15) is 4.79 Å². The molecule has 0 aliphatic carbocycles. The van der Waals surface area contributed by atoms with E-state index in [0.29, 0.717) is 12.6 Å². The quantitative estimate of drug-likeness (QED) is 0.795. The van der Waals surface area contributed by atoms with Gasteiger partial charge in [0.15, 0.2) is 0 Å². The van der Waals surface area contributed by atoms with Crippen molar-refractivity contribution < 1.29 is 9.53 Å². The summed E-state index contributed by atoms with van der Waals surface area (Å²) in [4.78, 5) is 14.4. The number of nitrogens with zero attached hydrogens (tertiary/aromatic N) is 1. The number of rotatable bonds is 4. The molecular formula is C18H27NO2. The van der Waals surface area contributed by atoms with Gasteiger partial charge in [-0.2, -0.15) is 0 Å². The zero-order valence-corrected chi connectivity index (χ0v) is 13.5. The number of hydrogen-bond acceptors (Lipinski definition) is 3. The monoisotopic (exact) mass is 289 g/mol. The van der Waals surface area contributed by atoms with Gasteiger partial charge >= 0.3 is 5.97 Å². The first-order valence-electron chi connectivity index (χ1n) is 7.94. The van der Waals surface area contributed by atoms with Crippen LogP contribution >= 0.6 is 0 Å². The van der Waals surface area contributed by atoms with Crippen LogP contribution in [-0.4, -0.2) is 35.6 Å². The van der Waals surface area contributed by atoms with Gasteiger partial charge in [0.25, 0.3) is 0 Å². The highest BCUT2D eigenvalue weighted by atomic mass is 16.6. The fourth-order valence-corrected chi connectivity index (χ4v) is 2.93. The molecule has 1 atom stereocenters. The lowest BCUT2D eigenvalue weighted by molar-refractivity contribution is -0.157. The van der Waals surface area contributed by atoms with Gasteiger partial charge in [-0.15, -0.1) is 0 Å². The van der Waals surface area contributed by atoms with Gasteiger partial charge < -0.3 is 4.74 Å². The number of likely N-dealkylation sites (tertiary alicyclic amines) is 1. The zero-order valence-electron chi connectivity index (χ0n) is 13.5. The molecule has 1 aromatic carbocycles. The van der Waals surface area contributed by atoms with Crippen LogP contribution in [0.1, 0.15) is 45.6 Å². The maximum absolute atomic E-state index is 12.1. The molecule has 1 unspecified atom stereocenters. The third kappa shape index (κ3) is 5.50. The topological polar surface area (TPSA) is 29.5 Å². The van der Waals surface area contributed by atoms with Gasteiger partial charge in [0, 0.05) is 6.04 Å². The van der Waals surface area contributed by atoms with Crippen LogP contribution in [0.5, 0.6) is 0 Å². The van der Waals surface area contributed by atoms with Crippen LogP contribution in [0.2, 0.25) is 0 Å². The molecule has 1 heterocycles. The minimum absolute atomic E-state index is 0.109. The highest BCUT2D eigenvalue weighted by Gasteiger charge is 2.26. The Morgan fingerprint density at radius 2 is 1.95 bits per heavy atom. The molecule has 0 N–H and O–H groups in total. The van der Waals surface area contributed by atoms with Crippen LogP contribution in [0.4, 0.5) is 0 Å². The number of esters is 1. The lowest BCUT2D eigenvalue weighted by Crippen LogP contribution is -2.45. The molecule has 1 fully saturated rings. The highest BCUT2D eigenvalue weighted by Crippen LogP contribution is 2.21. The van der Waals surface area contributed by atoms with E-state index in [-0.39, 0.29) is 5.97 Å². The number of hydrogen-bond donors (Lipinski definition) is 0. The standard InChI is InChI=1S/C18H27NO2/c1-18(2,3)21-17(20)14-19-12-8-7-11-16(19)13-15-9-5-4-6-10-15/h4-6,9-10,16H,7-8,11-14H2,1-3H3. The Bertz CT molecular complexity index is 450. The first-order chi connectivity index (χ1) is 9.94. The third-order valence-electron chi connectivity index (χ3n) is 3.82. The fourth-order valence-electron chi connectivity index (χ4n) is 2.93. The highest BCUT2D eigenvalue weighted by molar-refractivity contribution is 5.72. The summed E-state index contributed by atoms with van der Waals surface area (Å²) in [5.41, 5.74) is 0.945. The van der Waals surface area contributed by atoms with Crippen molar-refractivity contribution in [1.82, 2.24) is 4.90 Å². The predicted molar refractivity (Wildman–Crippen MR) is 85.2 cm³/mol. The maximum atomic E-state index is 12.1. The van der Waals surface area contributed by atoms with Gasteiger partial charge in [0.05, 0.1) is 6.54 Å². The second kappa shape index (κ2) is 7.08. The Balaban J connectivity index is 1.94. The number of carbonyl (C=O) groups is 1. The molecule has 1 aliphatic rings. The van der Waals surface area contributed by atoms with Crippen LogP contribution in [0.15, 0.2) is 30.3 Å². The summed E-state index contributed by atoms with van der Waals surface area (Å²) in [5, 5.41) is 0. The minimum atomic E-state index is -0.401. The van der Waals surface area contributed by atoms with Crippen molar-refractivity contribution in [1.29, 1.82) is 0 Å². The number of carbonyl (C=O) groups excluding carboxylic acids is 1. The largest absolute Gasteiger partial charge is 0.459 e. The molecule has 116 valence electrons. The molecule has 1 aliphatic heterocycles. The molecule has 2 rings (SSSR count). The van der Waals surface area contributed by atoms with E-state index in [2.05, 4.69) is 29.2 Å². The summed E-state index contributed by atoms with van der Waals surface area (Å²) < 4.78 is 5.46. The number of ether oxygens (including phenoxy) is 1. The van der Waals surface area contributed by atoms with Gasteiger partial charge in [0.2, 0.25) is 0 Å². The van der Waals surface area contributed by atoms with Crippen LogP contribution in [-0.2, 0) is 16.0 Å². The molecule has 1 aromatic rings. The molecule has 1 saturated heterocycles. The number of piperidine rings is 1. The molecule has 0 aromatic heterocycles. The van der Waals surface area contributed by atoms with E-state index in [4.69, 9.17) is 4.74 Å². The predicted octanol–water partition coefficient (Wildman–Crippen LogP) is 3.43. The first kappa shape index (κ1) is 16.0. The summed E-state index contributed by atoms with van der Waals surface area (Å²) in [6.45, 7) is 7.17. The van der Waals surface area contributed by atoms with Gasteiger partial charge in [-0.3, -0.25) is 9.69 Å². The Morgan fingerprint density at radius 1 is 1.24 bits per heavy atom. The van der Waals surface area contributed by atoms with Crippen molar-refractivity contribution in [2.24, 2.45) is 0 Å². The van der Waals surface area contributed by atoms with Crippen LogP contribution in [0, 0.1) is 0 Å². The van der Waals surface area contributed by atoms with Crippen molar-refractivity contribution in [3.8, 4) is 0 Å². The van der Waals surface area contributed by atoms with Crippen molar-refractivity contribution in [3.05, 3.63) is 35.9 Å². The zero-order chi connectivity index (χ0) is 15.3. The molecule has 0 radical (unpaired) electrons. The normalized spacial score (nSPS) is 20.2. The van der Waals surface area contributed by atoms with E-state index < -0.39 is 5.60 Å². The molecule has 0 saturated carbocycles. The third-order valence-corrected chi connectivity index (χ3v) is 3.82.